The Labute approximate surface area is 95.9 Å². The molecule has 0 heterocycles. The Bertz CT molecular complexity index is 152. The van der Waals surface area contributed by atoms with E-state index < -0.39 is 11.9 Å². The summed E-state index contributed by atoms with van der Waals surface area (Å²) < 4.78 is 0. The number of hydrogen-bond donors (Lipinski definition) is 2. The number of rotatable bonds is 8. The van der Waals surface area contributed by atoms with E-state index in [4.69, 9.17) is 10.2 Å². The second-order valence-electron chi connectivity index (χ2n) is 3.06. The van der Waals surface area contributed by atoms with Crippen molar-refractivity contribution in [2.75, 3.05) is 0 Å². The Morgan fingerprint density at radius 2 is 1.00 bits per heavy atom. The molecular formula is C9H17LiO4. The second-order valence-corrected chi connectivity index (χ2v) is 3.06. The predicted octanol–water partition coefficient (Wildman–Crippen LogP) is 1.24. The zero-order chi connectivity index (χ0) is 10.1. The zero-order valence-electron chi connectivity index (χ0n) is 7.66. The molecule has 0 atom stereocenters. The molecule has 0 unspecified atom stereocenters. The molecule has 0 aliphatic rings. The molecule has 78 valence electrons. The molecule has 0 aromatic carbocycles. The van der Waals surface area contributed by atoms with Crippen LogP contribution in [-0.4, -0.2) is 41.0 Å². The van der Waals surface area contributed by atoms with Crippen LogP contribution in [0.1, 0.15) is 44.9 Å². The Morgan fingerprint density at radius 3 is 1.29 bits per heavy atom. The van der Waals surface area contributed by atoms with Crippen LogP contribution >= 0.6 is 0 Å². The second kappa shape index (κ2) is 10.6. The summed E-state index contributed by atoms with van der Waals surface area (Å²) in [7, 11) is 0. The maximum absolute atomic E-state index is 10.1. The Morgan fingerprint density at radius 1 is 0.714 bits per heavy atom. The third-order valence-corrected chi connectivity index (χ3v) is 1.78. The van der Waals surface area contributed by atoms with E-state index in [9.17, 15) is 9.59 Å². The van der Waals surface area contributed by atoms with Crippen LogP contribution < -0.4 is 0 Å². The average molecular weight is 196 g/mol. The van der Waals surface area contributed by atoms with Crippen molar-refractivity contribution >= 4 is 30.8 Å². The third-order valence-electron chi connectivity index (χ3n) is 1.78. The fourth-order valence-corrected chi connectivity index (χ4v) is 1.08. The van der Waals surface area contributed by atoms with E-state index in [2.05, 4.69) is 0 Å². The van der Waals surface area contributed by atoms with Gasteiger partial charge in [0.15, 0.2) is 0 Å². The molecule has 5 heteroatoms. The summed E-state index contributed by atoms with van der Waals surface area (Å²) in [6, 6.07) is 0. The Hall–Kier alpha value is -0.463. The first-order chi connectivity index (χ1) is 6.13. The van der Waals surface area contributed by atoms with Crippen molar-refractivity contribution in [1.82, 2.24) is 0 Å². The van der Waals surface area contributed by atoms with Crippen molar-refractivity contribution in [2.45, 2.75) is 44.9 Å². The number of carboxylic acid groups (broad SMARTS) is 2. The fourth-order valence-electron chi connectivity index (χ4n) is 1.08. The summed E-state index contributed by atoms with van der Waals surface area (Å²) in [6.45, 7) is 0. The van der Waals surface area contributed by atoms with Crippen molar-refractivity contribution in [3.63, 3.8) is 0 Å². The number of unbranched alkanes of at least 4 members (excludes halogenated alkanes) is 4. The van der Waals surface area contributed by atoms with E-state index in [1.54, 1.807) is 0 Å². The van der Waals surface area contributed by atoms with Gasteiger partial charge in [0.25, 0.3) is 0 Å². The van der Waals surface area contributed by atoms with Crippen molar-refractivity contribution < 1.29 is 19.8 Å². The van der Waals surface area contributed by atoms with Crippen LogP contribution in [0.15, 0.2) is 0 Å². The van der Waals surface area contributed by atoms with Crippen LogP contribution in [0.2, 0.25) is 0 Å². The van der Waals surface area contributed by atoms with E-state index >= 15 is 0 Å². The van der Waals surface area contributed by atoms with Crippen molar-refractivity contribution in [1.29, 1.82) is 0 Å². The molecule has 4 nitrogen and oxygen atoms in total. The van der Waals surface area contributed by atoms with E-state index in [-0.39, 0.29) is 31.7 Å². The fraction of sp³-hybridized carbons (Fsp3) is 0.778. The monoisotopic (exact) mass is 196 g/mol. The molecular weight excluding hydrogens is 179 g/mol. The summed E-state index contributed by atoms with van der Waals surface area (Å²) >= 11 is 0. The van der Waals surface area contributed by atoms with Gasteiger partial charge in [0.1, 0.15) is 0 Å². The molecule has 0 aromatic heterocycles. The zero-order valence-corrected chi connectivity index (χ0v) is 7.66. The number of hydrogen-bond acceptors (Lipinski definition) is 2. The van der Waals surface area contributed by atoms with Gasteiger partial charge in [-0.25, -0.2) is 0 Å². The van der Waals surface area contributed by atoms with Crippen LogP contribution in [0.4, 0.5) is 0 Å². The molecule has 0 aliphatic heterocycles. The van der Waals surface area contributed by atoms with Crippen LogP contribution in [0.3, 0.4) is 0 Å². The molecule has 2 N–H and O–H groups in total. The molecule has 0 radical (unpaired) electrons. The normalized spacial score (nSPS) is 9.14. The standard InChI is InChI=1S/C9H16O4.Li.H/c10-8(11)6-4-2-1-3-5-7-9(12)13;;/h1-7H2,(H,10,11)(H,12,13);;. The Kier molecular flexibility index (Phi) is 12.1. The van der Waals surface area contributed by atoms with Gasteiger partial charge in [-0.3, -0.25) is 9.59 Å². The van der Waals surface area contributed by atoms with Gasteiger partial charge in [0, 0.05) is 12.8 Å². The van der Waals surface area contributed by atoms with Crippen molar-refractivity contribution in [3.8, 4) is 0 Å². The minimum atomic E-state index is -0.759. The van der Waals surface area contributed by atoms with Crippen LogP contribution in [-0.2, 0) is 9.59 Å². The predicted molar refractivity (Wildman–Crippen MR) is 54.7 cm³/mol. The van der Waals surface area contributed by atoms with E-state index in [0.29, 0.717) is 12.8 Å². The molecule has 0 aromatic rings. The molecule has 0 rings (SSSR count). The van der Waals surface area contributed by atoms with Crippen LogP contribution in [0.25, 0.3) is 0 Å². The molecule has 0 saturated heterocycles. The molecule has 0 fully saturated rings. The minimum absolute atomic E-state index is 0. The SMILES string of the molecule is O=C(O)CCCCCCCC(=O)O.[LiH]. The first kappa shape index (κ1) is 16.0. The maximum atomic E-state index is 10.1. The summed E-state index contributed by atoms with van der Waals surface area (Å²) in [6.07, 6.45) is 4.53. The average Bonchev–Trinajstić information content (AvgIpc) is 2.01. The molecule has 0 bridgehead atoms. The van der Waals surface area contributed by atoms with Gasteiger partial charge >= 0.3 is 30.8 Å². The Balaban J connectivity index is 0. The van der Waals surface area contributed by atoms with Gasteiger partial charge in [-0.05, 0) is 12.8 Å². The third kappa shape index (κ3) is 14.1. The summed E-state index contributed by atoms with van der Waals surface area (Å²) in [5.41, 5.74) is 0. The first-order valence-corrected chi connectivity index (χ1v) is 4.56. The van der Waals surface area contributed by atoms with Gasteiger partial charge in [-0.2, -0.15) is 0 Å². The molecule has 0 aliphatic carbocycles. The number of aliphatic carboxylic acids is 2. The van der Waals surface area contributed by atoms with Gasteiger partial charge < -0.3 is 10.2 Å². The first-order valence-electron chi connectivity index (χ1n) is 4.56. The summed E-state index contributed by atoms with van der Waals surface area (Å²) in [4.78, 5) is 20.2. The van der Waals surface area contributed by atoms with E-state index in [1.165, 1.54) is 0 Å². The topological polar surface area (TPSA) is 74.6 Å². The van der Waals surface area contributed by atoms with Gasteiger partial charge in [-0.1, -0.05) is 19.3 Å². The van der Waals surface area contributed by atoms with Crippen LogP contribution in [0.5, 0.6) is 0 Å². The van der Waals surface area contributed by atoms with E-state index in [0.717, 1.165) is 19.3 Å². The van der Waals surface area contributed by atoms with Gasteiger partial charge in [0.2, 0.25) is 0 Å². The molecule has 0 amide bonds. The van der Waals surface area contributed by atoms with Crippen molar-refractivity contribution in [2.24, 2.45) is 0 Å². The quantitative estimate of drug-likeness (QED) is 0.452. The molecule has 0 spiro atoms. The summed E-state index contributed by atoms with van der Waals surface area (Å²) in [5, 5.41) is 16.6. The van der Waals surface area contributed by atoms with Crippen LogP contribution in [0, 0.1) is 0 Å². The molecule has 0 saturated carbocycles. The van der Waals surface area contributed by atoms with E-state index in [1.807, 2.05) is 0 Å². The summed E-state index contributed by atoms with van der Waals surface area (Å²) in [5.74, 6) is -1.52. The number of carbonyl (C=O) groups is 2. The van der Waals surface area contributed by atoms with Gasteiger partial charge in [0.05, 0.1) is 0 Å². The van der Waals surface area contributed by atoms with Crippen molar-refractivity contribution in [3.05, 3.63) is 0 Å². The molecule has 14 heavy (non-hydrogen) atoms. The number of carboxylic acids is 2. The van der Waals surface area contributed by atoms with Gasteiger partial charge in [-0.15, -0.1) is 0 Å².